The van der Waals surface area contributed by atoms with E-state index in [1.807, 2.05) is 49.4 Å². The fourth-order valence-corrected chi connectivity index (χ4v) is 3.75. The van der Waals surface area contributed by atoms with E-state index < -0.39 is 6.04 Å². The van der Waals surface area contributed by atoms with Crippen molar-refractivity contribution in [3.05, 3.63) is 76.3 Å². The van der Waals surface area contributed by atoms with Crippen LogP contribution in [0.4, 0.5) is 0 Å². The molecule has 1 unspecified atom stereocenters. The van der Waals surface area contributed by atoms with Crippen LogP contribution in [0, 0.1) is 0 Å². The second kappa shape index (κ2) is 10.5. The van der Waals surface area contributed by atoms with E-state index >= 15 is 0 Å². The zero-order chi connectivity index (χ0) is 22.4. The lowest BCUT2D eigenvalue weighted by Gasteiger charge is -2.29. The van der Waals surface area contributed by atoms with E-state index in [0.29, 0.717) is 27.9 Å². The maximum absolute atomic E-state index is 13.1. The van der Waals surface area contributed by atoms with Crippen LogP contribution in [0.2, 0.25) is 10.0 Å². The molecule has 0 saturated heterocycles. The van der Waals surface area contributed by atoms with E-state index in [4.69, 9.17) is 27.9 Å². The minimum absolute atomic E-state index is 0.159. The summed E-state index contributed by atoms with van der Waals surface area (Å²) in [5.41, 5.74) is 0.695. The lowest BCUT2D eigenvalue weighted by atomic mass is 10.1. The van der Waals surface area contributed by atoms with Gasteiger partial charge in [-0.3, -0.25) is 9.59 Å². The molecule has 3 rings (SSSR count). The van der Waals surface area contributed by atoms with E-state index in [1.165, 1.54) is 4.90 Å². The van der Waals surface area contributed by atoms with Crippen LogP contribution in [-0.2, 0) is 16.1 Å². The molecule has 0 heterocycles. The first-order valence-electron chi connectivity index (χ1n) is 10.0. The van der Waals surface area contributed by atoms with E-state index in [9.17, 15) is 9.59 Å². The van der Waals surface area contributed by atoms with Gasteiger partial charge < -0.3 is 15.0 Å². The van der Waals surface area contributed by atoms with Gasteiger partial charge in [0.2, 0.25) is 5.91 Å². The molecule has 0 radical (unpaired) electrons. The van der Waals surface area contributed by atoms with Crippen molar-refractivity contribution in [3.8, 4) is 5.75 Å². The Bertz CT molecular complexity index is 1080. The average Bonchev–Trinajstić information content (AvgIpc) is 2.76. The summed E-state index contributed by atoms with van der Waals surface area (Å²) in [6.45, 7) is 3.94. The predicted octanol–water partition coefficient (Wildman–Crippen LogP) is 5.08. The molecular weight excluding hydrogens is 435 g/mol. The van der Waals surface area contributed by atoms with E-state index in [2.05, 4.69) is 5.32 Å². The Balaban J connectivity index is 1.81. The van der Waals surface area contributed by atoms with Gasteiger partial charge in [-0.1, -0.05) is 65.7 Å². The third-order valence-corrected chi connectivity index (χ3v) is 5.56. The van der Waals surface area contributed by atoms with Gasteiger partial charge in [-0.15, -0.1) is 0 Å². The number of likely N-dealkylation sites (N-methyl/N-ethyl adjacent to an activating group) is 1. The van der Waals surface area contributed by atoms with Crippen LogP contribution in [0.1, 0.15) is 19.4 Å². The van der Waals surface area contributed by atoms with E-state index in [1.54, 1.807) is 25.1 Å². The third kappa shape index (κ3) is 5.69. The zero-order valence-electron chi connectivity index (χ0n) is 17.4. The Morgan fingerprint density at radius 1 is 1.06 bits per heavy atom. The smallest absolute Gasteiger partial charge is 0.261 e. The first-order chi connectivity index (χ1) is 14.9. The Hall–Kier alpha value is -2.76. The van der Waals surface area contributed by atoms with E-state index in [-0.39, 0.29) is 25.0 Å². The summed E-state index contributed by atoms with van der Waals surface area (Å²) in [7, 11) is 0. The number of nitrogens with zero attached hydrogens (tertiary/aromatic N) is 1. The average molecular weight is 459 g/mol. The lowest BCUT2D eigenvalue weighted by molar-refractivity contribution is -0.142. The number of halogens is 2. The molecule has 0 spiro atoms. The largest absolute Gasteiger partial charge is 0.483 e. The van der Waals surface area contributed by atoms with E-state index in [0.717, 1.165) is 10.8 Å². The van der Waals surface area contributed by atoms with Crippen LogP contribution in [0.5, 0.6) is 5.75 Å². The number of rotatable bonds is 8. The highest BCUT2D eigenvalue weighted by atomic mass is 35.5. The van der Waals surface area contributed by atoms with Crippen LogP contribution in [0.3, 0.4) is 0 Å². The number of carbonyl (C=O) groups excluding carboxylic acids is 2. The maximum atomic E-state index is 13.1. The Kier molecular flexibility index (Phi) is 7.77. The first kappa shape index (κ1) is 22.9. The number of carbonyl (C=O) groups is 2. The molecule has 2 amide bonds. The van der Waals surface area contributed by atoms with Crippen molar-refractivity contribution in [2.75, 3.05) is 13.2 Å². The molecule has 0 aliphatic carbocycles. The van der Waals surface area contributed by atoms with Gasteiger partial charge in [0.15, 0.2) is 6.61 Å². The van der Waals surface area contributed by atoms with Crippen molar-refractivity contribution < 1.29 is 14.3 Å². The molecule has 0 fully saturated rings. The molecule has 0 aromatic heterocycles. The summed E-state index contributed by atoms with van der Waals surface area (Å²) >= 11 is 12.3. The summed E-state index contributed by atoms with van der Waals surface area (Å²) in [5.74, 6) is 0.0467. The summed E-state index contributed by atoms with van der Waals surface area (Å²) in [6.07, 6.45) is 0. The second-order valence-electron chi connectivity index (χ2n) is 7.09. The summed E-state index contributed by atoms with van der Waals surface area (Å²) < 4.78 is 5.86. The van der Waals surface area contributed by atoms with Crippen LogP contribution in [-0.4, -0.2) is 35.9 Å². The number of fused-ring (bicyclic) bond motifs is 1. The Morgan fingerprint density at radius 2 is 1.81 bits per heavy atom. The van der Waals surface area contributed by atoms with Crippen molar-refractivity contribution >= 4 is 45.8 Å². The molecule has 1 N–H and O–H groups in total. The summed E-state index contributed by atoms with van der Waals surface area (Å²) in [4.78, 5) is 27.1. The van der Waals surface area contributed by atoms with Gasteiger partial charge in [-0.05, 0) is 43.0 Å². The fraction of sp³-hybridized carbons (Fsp3) is 0.250. The molecule has 162 valence electrons. The fourth-order valence-electron chi connectivity index (χ4n) is 3.28. The molecule has 0 bridgehead atoms. The molecule has 3 aromatic carbocycles. The number of hydrogen-bond donors (Lipinski definition) is 1. The van der Waals surface area contributed by atoms with Gasteiger partial charge in [0.25, 0.3) is 5.91 Å². The second-order valence-corrected chi connectivity index (χ2v) is 7.94. The van der Waals surface area contributed by atoms with Crippen molar-refractivity contribution in [2.24, 2.45) is 0 Å². The molecule has 0 saturated carbocycles. The number of ether oxygens (including phenoxy) is 1. The molecule has 0 aliphatic heterocycles. The summed E-state index contributed by atoms with van der Waals surface area (Å²) in [5, 5.41) is 5.64. The Labute approximate surface area is 191 Å². The minimum Gasteiger partial charge on any atom is -0.483 e. The lowest BCUT2D eigenvalue weighted by Crippen LogP contribution is -2.49. The Morgan fingerprint density at radius 3 is 2.55 bits per heavy atom. The van der Waals surface area contributed by atoms with Crippen molar-refractivity contribution in [1.82, 2.24) is 10.2 Å². The van der Waals surface area contributed by atoms with Crippen LogP contribution < -0.4 is 10.1 Å². The monoisotopic (exact) mass is 458 g/mol. The SMILES string of the molecule is CCNC(=O)C(C)N(Cc1ccc(Cl)cc1Cl)C(=O)COc1cccc2ccccc12. The van der Waals surface area contributed by atoms with Crippen LogP contribution >= 0.6 is 23.2 Å². The highest BCUT2D eigenvalue weighted by molar-refractivity contribution is 6.35. The number of hydrogen-bond acceptors (Lipinski definition) is 3. The van der Waals surface area contributed by atoms with Crippen molar-refractivity contribution in [2.45, 2.75) is 26.4 Å². The summed E-state index contributed by atoms with van der Waals surface area (Å²) in [6, 6.07) is 17.8. The topological polar surface area (TPSA) is 58.6 Å². The van der Waals surface area contributed by atoms with Gasteiger partial charge in [-0.2, -0.15) is 0 Å². The van der Waals surface area contributed by atoms with Crippen molar-refractivity contribution in [1.29, 1.82) is 0 Å². The van der Waals surface area contributed by atoms with Crippen LogP contribution in [0.25, 0.3) is 10.8 Å². The quantitative estimate of drug-likeness (QED) is 0.511. The van der Waals surface area contributed by atoms with Gasteiger partial charge in [0.05, 0.1) is 0 Å². The molecule has 0 aliphatic rings. The first-order valence-corrected chi connectivity index (χ1v) is 10.8. The number of amides is 2. The van der Waals surface area contributed by atoms with Gasteiger partial charge in [0.1, 0.15) is 11.8 Å². The van der Waals surface area contributed by atoms with Gasteiger partial charge in [0, 0.05) is 28.5 Å². The number of benzene rings is 3. The third-order valence-electron chi connectivity index (χ3n) is 4.97. The van der Waals surface area contributed by atoms with Gasteiger partial charge in [-0.25, -0.2) is 0 Å². The maximum Gasteiger partial charge on any atom is 0.261 e. The minimum atomic E-state index is -0.699. The molecule has 5 nitrogen and oxygen atoms in total. The predicted molar refractivity (Wildman–Crippen MR) is 125 cm³/mol. The molecule has 1 atom stereocenters. The number of nitrogens with one attached hydrogen (secondary N) is 1. The molecular formula is C24H24Cl2N2O3. The molecule has 3 aromatic rings. The van der Waals surface area contributed by atoms with Gasteiger partial charge >= 0.3 is 0 Å². The molecule has 7 heteroatoms. The molecule has 31 heavy (non-hydrogen) atoms. The highest BCUT2D eigenvalue weighted by Gasteiger charge is 2.27. The normalized spacial score (nSPS) is 11.7. The van der Waals surface area contributed by atoms with Crippen LogP contribution in [0.15, 0.2) is 60.7 Å². The van der Waals surface area contributed by atoms with Crippen molar-refractivity contribution in [3.63, 3.8) is 0 Å². The highest BCUT2D eigenvalue weighted by Crippen LogP contribution is 2.26. The standard InChI is InChI=1S/C24H24Cl2N2O3/c1-3-27-24(30)16(2)28(14-18-11-12-19(25)13-21(18)26)23(29)15-31-22-10-6-8-17-7-4-5-9-20(17)22/h4-13,16H,3,14-15H2,1-2H3,(H,27,30). The zero-order valence-corrected chi connectivity index (χ0v) is 18.9.